The van der Waals surface area contributed by atoms with Gasteiger partial charge in [-0.25, -0.2) is 0 Å². The first-order valence-corrected chi connectivity index (χ1v) is 5.82. The first kappa shape index (κ1) is 12.0. The van der Waals surface area contributed by atoms with Crippen LogP contribution < -0.4 is 4.90 Å². The van der Waals surface area contributed by atoms with E-state index in [4.69, 9.17) is 0 Å². The van der Waals surface area contributed by atoms with Gasteiger partial charge in [0.05, 0.1) is 18.7 Å². The molecule has 0 aromatic heterocycles. The van der Waals surface area contributed by atoms with E-state index < -0.39 is 5.76 Å². The minimum atomic E-state index is -2.55. The van der Waals surface area contributed by atoms with Crippen LogP contribution in [0.2, 0.25) is 0 Å². The largest absolute Gasteiger partial charge is 0.303 e. The number of alkyl halides is 2. The lowest BCUT2D eigenvalue weighted by molar-refractivity contribution is -0.121. The molecule has 3 nitrogen and oxygen atoms in total. The second kappa shape index (κ2) is 4.83. The summed E-state index contributed by atoms with van der Waals surface area (Å²) in [6.07, 6.45) is -0.145. The summed E-state index contributed by atoms with van der Waals surface area (Å²) in [6.45, 7) is -0.0281. The zero-order valence-corrected chi connectivity index (χ0v) is 9.55. The predicted molar refractivity (Wildman–Crippen MR) is 60.3 cm³/mol. The quantitative estimate of drug-likeness (QED) is 0.616. The molecule has 1 aromatic rings. The number of benzene rings is 1. The van der Waals surface area contributed by atoms with Crippen molar-refractivity contribution in [1.29, 1.82) is 0 Å². The van der Waals surface area contributed by atoms with Crippen LogP contribution in [0.25, 0.3) is 0 Å². The van der Waals surface area contributed by atoms with Crippen molar-refractivity contribution in [2.45, 2.75) is 17.1 Å². The molecule has 0 saturated carbocycles. The van der Waals surface area contributed by atoms with Crippen LogP contribution in [0, 0.1) is 0 Å². The molecule has 0 aliphatic carbocycles. The van der Waals surface area contributed by atoms with E-state index in [2.05, 4.69) is 0 Å². The van der Waals surface area contributed by atoms with Crippen LogP contribution in [-0.4, -0.2) is 24.0 Å². The Morgan fingerprint density at radius 3 is 2.53 bits per heavy atom. The minimum Gasteiger partial charge on any atom is -0.303 e. The number of anilines is 1. The number of thioether (sulfide) groups is 1. The van der Waals surface area contributed by atoms with Gasteiger partial charge in [0.2, 0.25) is 5.91 Å². The van der Waals surface area contributed by atoms with E-state index in [1.807, 2.05) is 0 Å². The van der Waals surface area contributed by atoms with Gasteiger partial charge in [0.25, 0.3) is 5.76 Å². The van der Waals surface area contributed by atoms with E-state index in [-0.39, 0.29) is 24.7 Å². The fraction of sp³-hybridized carbons (Fsp3) is 0.273. The second-order valence-corrected chi connectivity index (χ2v) is 4.57. The van der Waals surface area contributed by atoms with Crippen molar-refractivity contribution in [2.24, 2.45) is 0 Å². The van der Waals surface area contributed by atoms with Crippen LogP contribution in [-0.2, 0) is 9.59 Å². The Hall–Kier alpha value is -1.43. The highest BCUT2D eigenvalue weighted by molar-refractivity contribution is 7.99. The van der Waals surface area contributed by atoms with Gasteiger partial charge in [-0.15, -0.1) is 0 Å². The van der Waals surface area contributed by atoms with Gasteiger partial charge in [-0.3, -0.25) is 9.59 Å². The van der Waals surface area contributed by atoms with Crippen molar-refractivity contribution in [3.63, 3.8) is 0 Å². The molecule has 2 rings (SSSR count). The molecule has 1 fully saturated rings. The van der Waals surface area contributed by atoms with E-state index in [1.165, 1.54) is 11.0 Å². The van der Waals surface area contributed by atoms with Crippen LogP contribution in [0.5, 0.6) is 0 Å². The zero-order valence-electron chi connectivity index (χ0n) is 8.73. The highest BCUT2D eigenvalue weighted by Gasteiger charge is 2.30. The van der Waals surface area contributed by atoms with Crippen molar-refractivity contribution in [2.75, 3.05) is 11.4 Å². The van der Waals surface area contributed by atoms with E-state index >= 15 is 0 Å². The van der Waals surface area contributed by atoms with Gasteiger partial charge >= 0.3 is 0 Å². The molecule has 0 unspecified atom stereocenters. The van der Waals surface area contributed by atoms with E-state index in [0.717, 1.165) is 0 Å². The summed E-state index contributed by atoms with van der Waals surface area (Å²) in [7, 11) is 0. The Balaban J connectivity index is 2.31. The Bertz CT molecular complexity index is 465. The first-order chi connectivity index (χ1) is 8.08. The molecule has 1 aliphatic heterocycles. The minimum absolute atomic E-state index is 0.0281. The monoisotopic (exact) mass is 257 g/mol. The second-order valence-electron chi connectivity index (χ2n) is 3.54. The first-order valence-electron chi connectivity index (χ1n) is 4.94. The summed E-state index contributed by atoms with van der Waals surface area (Å²) in [6, 6.07) is 6.36. The number of rotatable bonds is 3. The molecule has 90 valence electrons. The van der Waals surface area contributed by atoms with Gasteiger partial charge in [-0.2, -0.15) is 8.78 Å². The Labute approximate surface area is 101 Å². The maximum Gasteiger partial charge on any atom is 0.288 e. The maximum absolute atomic E-state index is 12.4. The molecule has 0 spiro atoms. The number of para-hydroxylation sites is 1. The Morgan fingerprint density at radius 1 is 1.24 bits per heavy atom. The third-order valence-electron chi connectivity index (χ3n) is 2.36. The number of amides is 1. The highest BCUT2D eigenvalue weighted by Crippen LogP contribution is 2.35. The molecule has 1 aromatic carbocycles. The number of carbonyl (C=O) groups excluding carboxylic acids is 2. The third kappa shape index (κ3) is 2.63. The van der Waals surface area contributed by atoms with Gasteiger partial charge in [-0.1, -0.05) is 23.9 Å². The molecule has 1 amide bonds. The van der Waals surface area contributed by atoms with Crippen molar-refractivity contribution in [3.05, 3.63) is 24.3 Å². The molecular formula is C11H9F2NO2S. The molecule has 0 bridgehead atoms. The van der Waals surface area contributed by atoms with Crippen LogP contribution >= 0.6 is 11.8 Å². The van der Waals surface area contributed by atoms with E-state index in [0.29, 0.717) is 22.3 Å². The fourth-order valence-corrected chi connectivity index (χ4v) is 2.33. The van der Waals surface area contributed by atoms with Gasteiger partial charge in [0, 0.05) is 4.90 Å². The lowest BCUT2D eigenvalue weighted by Crippen LogP contribution is -2.25. The Kier molecular flexibility index (Phi) is 3.42. The molecule has 0 N–H and O–H groups in total. The van der Waals surface area contributed by atoms with Gasteiger partial charge < -0.3 is 4.90 Å². The summed E-state index contributed by atoms with van der Waals surface area (Å²) in [4.78, 5) is 24.3. The van der Waals surface area contributed by atoms with E-state index in [1.54, 1.807) is 18.2 Å². The number of nitrogens with zero attached hydrogens (tertiary/aromatic N) is 1. The number of ketones is 1. The number of carbonyl (C=O) groups is 2. The topological polar surface area (TPSA) is 37.4 Å². The van der Waals surface area contributed by atoms with Crippen LogP contribution in [0.15, 0.2) is 29.2 Å². The number of hydrogen-bond donors (Lipinski definition) is 0. The average Bonchev–Trinajstić information content (AvgIpc) is 2.58. The molecule has 1 heterocycles. The fourth-order valence-electron chi connectivity index (χ4n) is 1.68. The zero-order chi connectivity index (χ0) is 12.4. The predicted octanol–water partition coefficient (Wildman–Crippen LogP) is 2.31. The van der Waals surface area contributed by atoms with Crippen molar-refractivity contribution < 1.29 is 18.4 Å². The van der Waals surface area contributed by atoms with Gasteiger partial charge in [0.1, 0.15) is 0 Å². The summed E-state index contributed by atoms with van der Waals surface area (Å²) in [5, 5.41) is 0. The normalized spacial score (nSPS) is 16.1. The third-order valence-corrected chi connectivity index (χ3v) is 3.13. The molecule has 0 atom stereocenters. The smallest absolute Gasteiger partial charge is 0.288 e. The molecule has 17 heavy (non-hydrogen) atoms. The Morgan fingerprint density at radius 2 is 1.94 bits per heavy atom. The van der Waals surface area contributed by atoms with E-state index in [9.17, 15) is 18.4 Å². The standard InChI is InChI=1S/C11H9F2NO2S/c12-11(13)17-9-4-2-1-3-8(9)14-6-7(15)5-10(14)16/h1-4,11H,5-6H2. The van der Waals surface area contributed by atoms with Gasteiger partial charge in [0.15, 0.2) is 5.78 Å². The summed E-state index contributed by atoms with van der Waals surface area (Å²) in [5.74, 6) is -3.08. The highest BCUT2D eigenvalue weighted by atomic mass is 32.2. The maximum atomic E-state index is 12.4. The average molecular weight is 257 g/mol. The number of hydrogen-bond acceptors (Lipinski definition) is 3. The summed E-state index contributed by atoms with van der Waals surface area (Å²) < 4.78 is 24.7. The van der Waals surface area contributed by atoms with Gasteiger partial charge in [-0.05, 0) is 12.1 Å². The number of Topliss-reactive ketones (excluding diaryl/α,β-unsaturated/α-hetero) is 1. The SMILES string of the molecule is O=C1CC(=O)N(c2ccccc2SC(F)F)C1. The van der Waals surface area contributed by atoms with Crippen molar-refractivity contribution in [3.8, 4) is 0 Å². The molecule has 1 saturated heterocycles. The summed E-state index contributed by atoms with van der Waals surface area (Å²) >= 11 is 0.377. The lowest BCUT2D eigenvalue weighted by atomic mass is 10.3. The molecule has 6 heteroatoms. The van der Waals surface area contributed by atoms with Crippen molar-refractivity contribution in [1.82, 2.24) is 0 Å². The molecular weight excluding hydrogens is 248 g/mol. The number of halogens is 2. The summed E-state index contributed by atoms with van der Waals surface area (Å²) in [5.41, 5.74) is 0.383. The van der Waals surface area contributed by atoms with Crippen LogP contribution in [0.3, 0.4) is 0 Å². The van der Waals surface area contributed by atoms with Crippen LogP contribution in [0.1, 0.15) is 6.42 Å². The van der Waals surface area contributed by atoms with Crippen LogP contribution in [0.4, 0.5) is 14.5 Å². The molecule has 0 radical (unpaired) electrons. The molecule has 1 aliphatic rings. The lowest BCUT2D eigenvalue weighted by Gasteiger charge is -2.18. The van der Waals surface area contributed by atoms with Crippen molar-refractivity contribution >= 4 is 29.1 Å².